The van der Waals surface area contributed by atoms with Crippen LogP contribution in [0.4, 0.5) is 11.4 Å². The van der Waals surface area contributed by atoms with Gasteiger partial charge < -0.3 is 10.6 Å². The fraction of sp³-hybridized carbons (Fsp3) is 0.308. The number of nitriles is 2. The van der Waals surface area contributed by atoms with Gasteiger partial charge >= 0.3 is 5.69 Å². The monoisotopic (exact) mass is 520 g/mol. The highest BCUT2D eigenvalue weighted by molar-refractivity contribution is 6.32. The third kappa shape index (κ3) is 6.43. The molecule has 1 heterocycles. The van der Waals surface area contributed by atoms with Crippen molar-refractivity contribution in [2.75, 3.05) is 10.6 Å². The van der Waals surface area contributed by atoms with E-state index < -0.39 is 11.2 Å². The van der Waals surface area contributed by atoms with Crippen molar-refractivity contribution in [3.8, 4) is 12.1 Å². The Hall–Kier alpha value is -4.41. The molecule has 1 aromatic heterocycles. The van der Waals surface area contributed by atoms with E-state index in [0.717, 1.165) is 4.57 Å². The van der Waals surface area contributed by atoms with E-state index in [4.69, 9.17) is 22.1 Å². The SMILES string of the molecule is CCn1c(=O)n(CCC#N)c(=O)c2cc(NC(=O)CC(C)CC(=O)Nc3ccc(C#N)c(Cl)c3)ccc21. The number of hydrogen-bond acceptors (Lipinski definition) is 6. The largest absolute Gasteiger partial charge is 0.331 e. The second-order valence-corrected chi connectivity index (χ2v) is 8.95. The second kappa shape index (κ2) is 12.0. The molecule has 3 aromatic rings. The number of anilines is 2. The number of nitrogens with one attached hydrogen (secondary N) is 2. The number of amides is 2. The number of rotatable bonds is 9. The van der Waals surface area contributed by atoms with E-state index in [0.29, 0.717) is 29.0 Å². The molecule has 37 heavy (non-hydrogen) atoms. The Bertz CT molecular complexity index is 1560. The molecule has 0 saturated heterocycles. The lowest BCUT2D eigenvalue weighted by Gasteiger charge is -2.14. The van der Waals surface area contributed by atoms with Gasteiger partial charge in [0.2, 0.25) is 11.8 Å². The van der Waals surface area contributed by atoms with Crippen molar-refractivity contribution in [2.24, 2.45) is 5.92 Å². The Morgan fingerprint density at radius 1 is 1.00 bits per heavy atom. The zero-order valence-electron chi connectivity index (χ0n) is 20.4. The van der Waals surface area contributed by atoms with Gasteiger partial charge in [-0.25, -0.2) is 4.79 Å². The minimum atomic E-state index is -0.524. The average molecular weight is 521 g/mol. The highest BCUT2D eigenvalue weighted by Crippen LogP contribution is 2.21. The van der Waals surface area contributed by atoms with Gasteiger partial charge in [-0.1, -0.05) is 18.5 Å². The summed E-state index contributed by atoms with van der Waals surface area (Å²) in [4.78, 5) is 50.6. The van der Waals surface area contributed by atoms with Crippen LogP contribution in [0.1, 0.15) is 38.7 Å². The van der Waals surface area contributed by atoms with Gasteiger partial charge in [0.05, 0.1) is 34.0 Å². The van der Waals surface area contributed by atoms with Gasteiger partial charge in [-0.05, 0) is 49.2 Å². The molecule has 2 aromatic carbocycles. The van der Waals surface area contributed by atoms with Crippen molar-refractivity contribution in [3.05, 3.63) is 67.8 Å². The molecule has 190 valence electrons. The zero-order chi connectivity index (χ0) is 27.1. The van der Waals surface area contributed by atoms with E-state index in [1.807, 2.05) is 12.1 Å². The number of fused-ring (bicyclic) bond motifs is 1. The molecular weight excluding hydrogens is 496 g/mol. The quantitative estimate of drug-likeness (QED) is 0.440. The third-order valence-corrected chi connectivity index (χ3v) is 6.03. The minimum Gasteiger partial charge on any atom is -0.326 e. The van der Waals surface area contributed by atoms with Gasteiger partial charge in [-0.2, -0.15) is 10.5 Å². The third-order valence-electron chi connectivity index (χ3n) is 5.71. The number of nitrogens with zero attached hydrogens (tertiary/aromatic N) is 4. The Kier molecular flexibility index (Phi) is 8.83. The van der Waals surface area contributed by atoms with E-state index in [-0.39, 0.29) is 53.9 Å². The first kappa shape index (κ1) is 27.2. The van der Waals surface area contributed by atoms with Crippen molar-refractivity contribution >= 4 is 45.7 Å². The van der Waals surface area contributed by atoms with Crippen molar-refractivity contribution < 1.29 is 9.59 Å². The topological polar surface area (TPSA) is 150 Å². The van der Waals surface area contributed by atoms with Gasteiger partial charge in [0, 0.05) is 37.3 Å². The van der Waals surface area contributed by atoms with Gasteiger partial charge in [-0.15, -0.1) is 0 Å². The van der Waals surface area contributed by atoms with Crippen LogP contribution in [0.15, 0.2) is 46.0 Å². The number of aryl methyl sites for hydroxylation is 1. The van der Waals surface area contributed by atoms with E-state index in [9.17, 15) is 19.2 Å². The summed E-state index contributed by atoms with van der Waals surface area (Å²) in [6, 6.07) is 13.2. The number of aromatic nitrogens is 2. The Morgan fingerprint density at radius 3 is 2.19 bits per heavy atom. The molecule has 11 heteroatoms. The molecule has 0 spiro atoms. The normalized spacial score (nSPS) is 11.4. The number of halogens is 1. The molecule has 0 bridgehead atoms. The van der Waals surface area contributed by atoms with Crippen molar-refractivity contribution in [2.45, 2.75) is 46.2 Å². The predicted octanol–water partition coefficient (Wildman–Crippen LogP) is 3.62. The maximum absolute atomic E-state index is 12.9. The first-order chi connectivity index (χ1) is 17.7. The molecule has 3 rings (SSSR count). The molecular formula is C26H25ClN6O4. The lowest BCUT2D eigenvalue weighted by Crippen LogP contribution is -2.39. The Balaban J connectivity index is 1.69. The van der Waals surface area contributed by atoms with E-state index >= 15 is 0 Å². The average Bonchev–Trinajstić information content (AvgIpc) is 2.84. The molecule has 2 N–H and O–H groups in total. The number of carbonyl (C=O) groups excluding carboxylic acids is 2. The first-order valence-corrected chi connectivity index (χ1v) is 12.0. The van der Waals surface area contributed by atoms with Crippen LogP contribution < -0.4 is 21.9 Å². The zero-order valence-corrected chi connectivity index (χ0v) is 21.1. The van der Waals surface area contributed by atoms with Gasteiger partial charge in [0.1, 0.15) is 6.07 Å². The standard InChI is InChI=1S/C26H25ClN6O4/c1-3-32-22-8-7-18(13-20(22)25(36)33(26(32)37)10-4-9-28)30-23(34)11-16(2)12-24(35)31-19-6-5-17(15-29)21(27)14-19/h5-8,13-14,16H,3-4,10-12H2,1-2H3,(H,30,34)(H,31,35). The summed E-state index contributed by atoms with van der Waals surface area (Å²) in [5.41, 5.74) is 0.569. The van der Waals surface area contributed by atoms with Crippen LogP contribution in [0.25, 0.3) is 10.9 Å². The summed E-state index contributed by atoms with van der Waals surface area (Å²) in [5, 5.41) is 23.7. The molecule has 0 radical (unpaired) electrons. The Morgan fingerprint density at radius 2 is 1.62 bits per heavy atom. The fourth-order valence-corrected chi connectivity index (χ4v) is 4.20. The highest BCUT2D eigenvalue weighted by atomic mass is 35.5. The predicted molar refractivity (Wildman–Crippen MR) is 140 cm³/mol. The molecule has 0 aliphatic carbocycles. The van der Waals surface area contributed by atoms with E-state index in [1.54, 1.807) is 32.0 Å². The summed E-state index contributed by atoms with van der Waals surface area (Å²) < 4.78 is 2.48. The van der Waals surface area contributed by atoms with E-state index in [2.05, 4.69) is 10.6 Å². The molecule has 1 unspecified atom stereocenters. The van der Waals surface area contributed by atoms with Crippen LogP contribution >= 0.6 is 11.6 Å². The van der Waals surface area contributed by atoms with Crippen molar-refractivity contribution in [3.63, 3.8) is 0 Å². The molecule has 0 fully saturated rings. The molecule has 1 atom stereocenters. The lowest BCUT2D eigenvalue weighted by molar-refractivity contribution is -0.118. The lowest BCUT2D eigenvalue weighted by atomic mass is 10.0. The summed E-state index contributed by atoms with van der Waals surface area (Å²) >= 11 is 5.99. The maximum atomic E-state index is 12.9. The van der Waals surface area contributed by atoms with Gasteiger partial charge in [0.15, 0.2) is 0 Å². The number of hydrogen-bond donors (Lipinski definition) is 2. The smallest absolute Gasteiger partial charge is 0.326 e. The molecule has 0 aliphatic rings. The second-order valence-electron chi connectivity index (χ2n) is 8.54. The van der Waals surface area contributed by atoms with Crippen molar-refractivity contribution in [1.82, 2.24) is 9.13 Å². The Labute approximate surface area is 217 Å². The summed E-state index contributed by atoms with van der Waals surface area (Å²) in [6.45, 7) is 3.86. The van der Waals surface area contributed by atoms with Crippen LogP contribution in [0, 0.1) is 28.6 Å². The number of benzene rings is 2. The minimum absolute atomic E-state index is 0.0183. The van der Waals surface area contributed by atoms with Crippen molar-refractivity contribution in [1.29, 1.82) is 10.5 Å². The fourth-order valence-electron chi connectivity index (χ4n) is 3.98. The summed E-state index contributed by atoms with van der Waals surface area (Å²) in [5.74, 6) is -0.931. The van der Waals surface area contributed by atoms with E-state index in [1.165, 1.54) is 22.8 Å². The van der Waals surface area contributed by atoms with Crippen LogP contribution in [0.3, 0.4) is 0 Å². The van der Waals surface area contributed by atoms with Crippen LogP contribution in [-0.4, -0.2) is 20.9 Å². The maximum Gasteiger partial charge on any atom is 0.331 e. The first-order valence-electron chi connectivity index (χ1n) is 11.6. The van der Waals surface area contributed by atoms with Crippen LogP contribution in [-0.2, 0) is 22.7 Å². The molecule has 0 aliphatic heterocycles. The van der Waals surface area contributed by atoms with Crippen LogP contribution in [0.2, 0.25) is 5.02 Å². The number of carbonyl (C=O) groups is 2. The molecule has 10 nitrogen and oxygen atoms in total. The van der Waals surface area contributed by atoms with Gasteiger partial charge in [-0.3, -0.25) is 23.5 Å². The summed E-state index contributed by atoms with van der Waals surface area (Å²) in [7, 11) is 0. The molecule has 0 saturated carbocycles. The highest BCUT2D eigenvalue weighted by Gasteiger charge is 2.16. The van der Waals surface area contributed by atoms with Gasteiger partial charge in [0.25, 0.3) is 5.56 Å². The molecule has 2 amide bonds. The van der Waals surface area contributed by atoms with Crippen LogP contribution in [0.5, 0.6) is 0 Å². The summed E-state index contributed by atoms with van der Waals surface area (Å²) in [6.07, 6.45) is 0.153.